The van der Waals surface area contributed by atoms with Crippen molar-refractivity contribution in [3.63, 3.8) is 0 Å². The molecule has 4 nitrogen and oxygen atoms in total. The lowest BCUT2D eigenvalue weighted by Crippen LogP contribution is -2.54. The van der Waals surface area contributed by atoms with Gasteiger partial charge in [0.2, 0.25) is 0 Å². The second-order valence-corrected chi connectivity index (χ2v) is 8.68. The van der Waals surface area contributed by atoms with Crippen molar-refractivity contribution in [1.29, 1.82) is 0 Å². The summed E-state index contributed by atoms with van der Waals surface area (Å²) >= 11 is 0. The molecule has 0 aromatic heterocycles. The van der Waals surface area contributed by atoms with Crippen molar-refractivity contribution in [3.05, 3.63) is 42.5 Å². The van der Waals surface area contributed by atoms with Crippen molar-refractivity contribution < 1.29 is 18.4 Å². The highest BCUT2D eigenvalue weighted by atomic mass is 28.4. The van der Waals surface area contributed by atoms with E-state index in [0.717, 1.165) is 11.2 Å². The van der Waals surface area contributed by atoms with Crippen molar-refractivity contribution in [1.82, 2.24) is 0 Å². The molecule has 23 heavy (non-hydrogen) atoms. The van der Waals surface area contributed by atoms with Crippen LogP contribution in [-0.2, 0) is 18.4 Å². The second-order valence-electron chi connectivity index (χ2n) is 5.52. The van der Waals surface area contributed by atoms with Gasteiger partial charge in [0, 0.05) is 18.8 Å². The number of rotatable bonds is 10. The molecule has 0 bridgehead atoms. The topological polar surface area (TPSA) is 44.8 Å². The monoisotopic (exact) mass is 336 g/mol. The summed E-state index contributed by atoms with van der Waals surface area (Å²) in [4.78, 5) is 11.6. The van der Waals surface area contributed by atoms with Crippen LogP contribution in [0.4, 0.5) is 0 Å². The van der Waals surface area contributed by atoms with E-state index in [2.05, 4.69) is 18.7 Å². The van der Waals surface area contributed by atoms with E-state index in [-0.39, 0.29) is 12.1 Å². The highest BCUT2D eigenvalue weighted by molar-refractivity contribution is 6.81. The molecule has 0 amide bonds. The summed E-state index contributed by atoms with van der Waals surface area (Å²) in [5.41, 5.74) is 0.415. The molecule has 0 fully saturated rings. The summed E-state index contributed by atoms with van der Waals surface area (Å²) in [7, 11) is -2.53. The molecular formula is C18H28O4Si. The maximum absolute atomic E-state index is 11.6. The van der Waals surface area contributed by atoms with Gasteiger partial charge < -0.3 is 13.6 Å². The lowest BCUT2D eigenvalue weighted by atomic mass is 10.3. The molecule has 5 heteroatoms. The minimum absolute atomic E-state index is 0.198. The van der Waals surface area contributed by atoms with Crippen molar-refractivity contribution in [2.75, 3.05) is 13.2 Å². The molecule has 0 spiro atoms. The summed E-state index contributed by atoms with van der Waals surface area (Å²) in [5.74, 6) is -0.350. The van der Waals surface area contributed by atoms with Gasteiger partial charge in [0.25, 0.3) is 0 Å². The first-order valence-corrected chi connectivity index (χ1v) is 10.2. The molecule has 1 aromatic carbocycles. The number of carbonyl (C=O) groups is 1. The van der Waals surface area contributed by atoms with Gasteiger partial charge >= 0.3 is 14.5 Å². The van der Waals surface area contributed by atoms with E-state index in [1.54, 1.807) is 6.92 Å². The average Bonchev–Trinajstić information content (AvgIpc) is 2.53. The molecule has 128 valence electrons. The van der Waals surface area contributed by atoms with Crippen molar-refractivity contribution in [3.8, 4) is 0 Å². The molecule has 0 aliphatic heterocycles. The van der Waals surface area contributed by atoms with Gasteiger partial charge in [0.05, 0.1) is 6.10 Å². The molecule has 0 N–H and O–H groups in total. The second kappa shape index (κ2) is 9.65. The highest BCUT2D eigenvalue weighted by Crippen LogP contribution is 2.19. The van der Waals surface area contributed by atoms with Crippen LogP contribution in [0.1, 0.15) is 34.1 Å². The van der Waals surface area contributed by atoms with Crippen LogP contribution in [0.25, 0.3) is 0 Å². The van der Waals surface area contributed by atoms with Gasteiger partial charge in [-0.3, -0.25) is 0 Å². The lowest BCUT2D eigenvalue weighted by Gasteiger charge is -2.31. The molecule has 0 aliphatic rings. The number of hydrogen-bond donors (Lipinski definition) is 0. The van der Waals surface area contributed by atoms with Crippen LogP contribution in [0.2, 0.25) is 6.04 Å². The Morgan fingerprint density at radius 2 is 1.74 bits per heavy atom. The van der Waals surface area contributed by atoms with Crippen LogP contribution in [0.3, 0.4) is 0 Å². The first-order valence-electron chi connectivity index (χ1n) is 8.15. The SMILES string of the molecule is C=C(C)C(=O)OC(C)CC[Si](OCC)(OCC)c1ccccc1. The Labute approximate surface area is 140 Å². The lowest BCUT2D eigenvalue weighted by molar-refractivity contribution is -0.143. The van der Waals surface area contributed by atoms with Crippen molar-refractivity contribution in [2.45, 2.75) is 46.3 Å². The largest absolute Gasteiger partial charge is 0.459 e. The number of esters is 1. The number of ether oxygens (including phenoxy) is 1. The Morgan fingerprint density at radius 1 is 1.17 bits per heavy atom. The molecule has 1 aromatic rings. The minimum Gasteiger partial charge on any atom is -0.459 e. The summed E-state index contributed by atoms with van der Waals surface area (Å²) in [6.45, 7) is 12.3. The number of carbonyl (C=O) groups excluding carboxylic acids is 1. The minimum atomic E-state index is -2.53. The molecule has 0 radical (unpaired) electrons. The normalized spacial score (nSPS) is 12.7. The zero-order valence-electron chi connectivity index (χ0n) is 14.6. The maximum atomic E-state index is 11.6. The van der Waals surface area contributed by atoms with E-state index in [9.17, 15) is 4.79 Å². The van der Waals surface area contributed by atoms with Crippen molar-refractivity contribution in [2.24, 2.45) is 0 Å². The first-order chi connectivity index (χ1) is 10.9. The highest BCUT2D eigenvalue weighted by Gasteiger charge is 2.39. The zero-order valence-corrected chi connectivity index (χ0v) is 15.6. The molecule has 1 atom stereocenters. The third-order valence-corrected chi connectivity index (χ3v) is 7.18. The summed E-state index contributed by atoms with van der Waals surface area (Å²) in [5, 5.41) is 1.11. The fourth-order valence-electron chi connectivity index (χ4n) is 2.39. The standard InChI is InChI=1S/C18H28O4Si/c1-6-20-23(21-7-2,17-11-9-8-10-12-17)14-13-16(5)22-18(19)15(3)4/h8-12,16H,3,6-7,13-14H2,1-2,4-5H3. The van der Waals surface area contributed by atoms with Crippen LogP contribution < -0.4 is 5.19 Å². The maximum Gasteiger partial charge on any atom is 0.372 e. The van der Waals surface area contributed by atoms with E-state index in [4.69, 9.17) is 13.6 Å². The Balaban J connectivity index is 2.85. The Hall–Kier alpha value is -1.43. The Kier molecular flexibility index (Phi) is 8.23. The van der Waals surface area contributed by atoms with Gasteiger partial charge in [0.15, 0.2) is 0 Å². The van der Waals surface area contributed by atoms with Crippen LogP contribution in [0.5, 0.6) is 0 Å². The number of benzene rings is 1. The predicted molar refractivity (Wildman–Crippen MR) is 94.9 cm³/mol. The average molecular weight is 337 g/mol. The van der Waals surface area contributed by atoms with E-state index in [0.29, 0.717) is 25.2 Å². The molecule has 1 unspecified atom stereocenters. The van der Waals surface area contributed by atoms with Gasteiger partial charge in [-0.05, 0) is 45.3 Å². The Morgan fingerprint density at radius 3 is 2.22 bits per heavy atom. The van der Waals surface area contributed by atoms with E-state index >= 15 is 0 Å². The van der Waals surface area contributed by atoms with Crippen LogP contribution in [0, 0.1) is 0 Å². The summed E-state index contributed by atoms with van der Waals surface area (Å²) < 4.78 is 17.6. The quantitative estimate of drug-likeness (QED) is 0.373. The third-order valence-electron chi connectivity index (χ3n) is 3.51. The smallest absolute Gasteiger partial charge is 0.372 e. The molecule has 0 aliphatic carbocycles. The van der Waals surface area contributed by atoms with Gasteiger partial charge in [-0.2, -0.15) is 0 Å². The van der Waals surface area contributed by atoms with Crippen molar-refractivity contribution >= 4 is 19.7 Å². The predicted octanol–water partition coefficient (Wildman–Crippen LogP) is 3.31. The van der Waals surface area contributed by atoms with Gasteiger partial charge in [-0.25, -0.2) is 4.79 Å². The van der Waals surface area contributed by atoms with Gasteiger partial charge in [-0.1, -0.05) is 36.9 Å². The zero-order chi connectivity index (χ0) is 17.3. The first kappa shape index (κ1) is 19.6. The Bertz CT molecular complexity index is 495. The summed E-state index contributed by atoms with van der Waals surface area (Å²) in [6.07, 6.45) is 0.496. The number of hydrogen-bond acceptors (Lipinski definition) is 4. The molecule has 0 heterocycles. The van der Waals surface area contributed by atoms with Crippen LogP contribution in [0.15, 0.2) is 42.5 Å². The fraction of sp³-hybridized carbons (Fsp3) is 0.500. The van der Waals surface area contributed by atoms with Gasteiger partial charge in [-0.15, -0.1) is 0 Å². The van der Waals surface area contributed by atoms with Crippen LogP contribution in [-0.4, -0.2) is 33.8 Å². The summed E-state index contributed by atoms with van der Waals surface area (Å²) in [6, 6.07) is 10.8. The third kappa shape index (κ3) is 5.93. The van der Waals surface area contributed by atoms with E-state index < -0.39 is 8.56 Å². The fourth-order valence-corrected chi connectivity index (χ4v) is 5.80. The van der Waals surface area contributed by atoms with E-state index in [1.165, 1.54) is 0 Å². The molecule has 0 saturated carbocycles. The van der Waals surface area contributed by atoms with Gasteiger partial charge in [0.1, 0.15) is 0 Å². The molecule has 1 rings (SSSR count). The van der Waals surface area contributed by atoms with E-state index in [1.807, 2.05) is 39.0 Å². The molecular weight excluding hydrogens is 308 g/mol. The molecule has 0 saturated heterocycles. The van der Waals surface area contributed by atoms with Crippen LogP contribution >= 0.6 is 0 Å².